The Balaban J connectivity index is 1.61. The Morgan fingerprint density at radius 2 is 2.10 bits per heavy atom. The molecule has 1 heterocycles. The highest BCUT2D eigenvalue weighted by Crippen LogP contribution is 2.29. The number of hydrogen-bond donors (Lipinski definition) is 1. The van der Waals surface area contributed by atoms with Gasteiger partial charge in [0, 0.05) is 17.4 Å². The standard InChI is InChI=1S/C16H16BrNO2/c17-15-6-5-13(8-12(15)9-18)19-10-14-7-11-3-1-2-4-16(11)20-14/h1-6,8,14H,7,9-10,18H2. The predicted octanol–water partition coefficient (Wildman–Crippen LogP) is 3.29. The van der Waals surface area contributed by atoms with E-state index < -0.39 is 0 Å². The molecule has 104 valence electrons. The summed E-state index contributed by atoms with van der Waals surface area (Å²) in [6.07, 6.45) is 0.980. The molecule has 1 unspecified atom stereocenters. The Kier molecular flexibility index (Phi) is 3.94. The van der Waals surface area contributed by atoms with E-state index in [1.807, 2.05) is 36.4 Å². The van der Waals surface area contributed by atoms with Crippen LogP contribution in [0, 0.1) is 0 Å². The van der Waals surface area contributed by atoms with E-state index in [0.29, 0.717) is 13.2 Å². The average Bonchev–Trinajstić information content (AvgIpc) is 2.89. The third kappa shape index (κ3) is 2.81. The molecule has 1 aliphatic heterocycles. The molecule has 2 aromatic carbocycles. The first kappa shape index (κ1) is 13.5. The molecule has 20 heavy (non-hydrogen) atoms. The van der Waals surface area contributed by atoms with Crippen LogP contribution in [0.5, 0.6) is 11.5 Å². The third-order valence-corrected chi connectivity index (χ3v) is 4.16. The number of nitrogens with two attached hydrogens (primary N) is 1. The van der Waals surface area contributed by atoms with Crippen molar-refractivity contribution in [3.8, 4) is 11.5 Å². The van der Waals surface area contributed by atoms with Gasteiger partial charge in [-0.2, -0.15) is 0 Å². The first-order chi connectivity index (χ1) is 9.76. The minimum absolute atomic E-state index is 0.0809. The van der Waals surface area contributed by atoms with E-state index in [2.05, 4.69) is 22.0 Å². The van der Waals surface area contributed by atoms with Crippen LogP contribution in [0.2, 0.25) is 0 Å². The van der Waals surface area contributed by atoms with Gasteiger partial charge in [0.1, 0.15) is 24.2 Å². The molecule has 0 spiro atoms. The van der Waals surface area contributed by atoms with Gasteiger partial charge < -0.3 is 15.2 Å². The normalized spacial score (nSPS) is 16.6. The van der Waals surface area contributed by atoms with E-state index in [4.69, 9.17) is 15.2 Å². The molecule has 0 fully saturated rings. The quantitative estimate of drug-likeness (QED) is 0.933. The zero-order chi connectivity index (χ0) is 13.9. The second kappa shape index (κ2) is 5.85. The zero-order valence-corrected chi connectivity index (χ0v) is 12.6. The van der Waals surface area contributed by atoms with E-state index in [1.54, 1.807) is 0 Å². The molecule has 0 radical (unpaired) electrons. The molecule has 0 amide bonds. The van der Waals surface area contributed by atoms with Crippen molar-refractivity contribution < 1.29 is 9.47 Å². The maximum absolute atomic E-state index is 5.85. The Morgan fingerprint density at radius 1 is 1.25 bits per heavy atom. The van der Waals surface area contributed by atoms with Crippen LogP contribution in [0.4, 0.5) is 0 Å². The van der Waals surface area contributed by atoms with Gasteiger partial charge >= 0.3 is 0 Å². The molecule has 2 N–H and O–H groups in total. The number of halogens is 1. The highest BCUT2D eigenvalue weighted by molar-refractivity contribution is 9.10. The summed E-state index contributed by atoms with van der Waals surface area (Å²) in [7, 11) is 0. The maximum atomic E-state index is 5.85. The first-order valence-corrected chi connectivity index (χ1v) is 7.41. The lowest BCUT2D eigenvalue weighted by molar-refractivity contribution is 0.148. The van der Waals surface area contributed by atoms with Crippen molar-refractivity contribution in [2.75, 3.05) is 6.61 Å². The SMILES string of the molecule is NCc1cc(OCC2Cc3ccccc3O2)ccc1Br. The lowest BCUT2D eigenvalue weighted by Gasteiger charge is -2.13. The molecule has 0 saturated carbocycles. The highest BCUT2D eigenvalue weighted by atomic mass is 79.9. The first-order valence-electron chi connectivity index (χ1n) is 6.62. The summed E-state index contributed by atoms with van der Waals surface area (Å²) in [5, 5.41) is 0. The summed E-state index contributed by atoms with van der Waals surface area (Å²) < 4.78 is 12.7. The number of rotatable bonds is 4. The number of para-hydroxylation sites is 1. The monoisotopic (exact) mass is 333 g/mol. The second-order valence-electron chi connectivity index (χ2n) is 4.82. The minimum Gasteiger partial charge on any atom is -0.490 e. The Morgan fingerprint density at radius 3 is 2.90 bits per heavy atom. The van der Waals surface area contributed by atoms with Crippen LogP contribution in [-0.2, 0) is 13.0 Å². The smallest absolute Gasteiger partial charge is 0.137 e. The molecular formula is C16H16BrNO2. The Labute approximate surface area is 126 Å². The molecule has 2 aromatic rings. The molecule has 0 bridgehead atoms. The van der Waals surface area contributed by atoms with Gasteiger partial charge in [-0.15, -0.1) is 0 Å². The van der Waals surface area contributed by atoms with Crippen LogP contribution in [0.3, 0.4) is 0 Å². The lowest BCUT2D eigenvalue weighted by atomic mass is 10.1. The summed E-state index contributed by atoms with van der Waals surface area (Å²) in [4.78, 5) is 0. The number of hydrogen-bond acceptors (Lipinski definition) is 3. The predicted molar refractivity (Wildman–Crippen MR) is 82.1 cm³/mol. The molecule has 3 nitrogen and oxygen atoms in total. The fraction of sp³-hybridized carbons (Fsp3) is 0.250. The molecule has 4 heteroatoms. The highest BCUT2D eigenvalue weighted by Gasteiger charge is 2.22. The van der Waals surface area contributed by atoms with E-state index in [0.717, 1.165) is 28.0 Å². The van der Waals surface area contributed by atoms with Crippen LogP contribution in [0.25, 0.3) is 0 Å². The Bertz CT molecular complexity index is 590. The molecule has 1 aliphatic rings. The fourth-order valence-corrected chi connectivity index (χ4v) is 2.74. The summed E-state index contributed by atoms with van der Waals surface area (Å²) in [5.74, 6) is 1.80. The molecule has 1 atom stereocenters. The van der Waals surface area contributed by atoms with Crippen molar-refractivity contribution in [2.24, 2.45) is 5.73 Å². The van der Waals surface area contributed by atoms with Crippen molar-refractivity contribution >= 4 is 15.9 Å². The lowest BCUT2D eigenvalue weighted by Crippen LogP contribution is -2.22. The van der Waals surface area contributed by atoms with Crippen LogP contribution < -0.4 is 15.2 Å². The van der Waals surface area contributed by atoms with Gasteiger partial charge in [-0.05, 0) is 35.4 Å². The molecule has 0 aliphatic carbocycles. The van der Waals surface area contributed by atoms with Crippen molar-refractivity contribution in [3.05, 3.63) is 58.1 Å². The zero-order valence-electron chi connectivity index (χ0n) is 11.0. The minimum atomic E-state index is 0.0809. The fourth-order valence-electron chi connectivity index (χ4n) is 2.33. The molecule has 3 rings (SSSR count). The van der Waals surface area contributed by atoms with E-state index >= 15 is 0 Å². The van der Waals surface area contributed by atoms with Gasteiger partial charge in [0.15, 0.2) is 0 Å². The van der Waals surface area contributed by atoms with Gasteiger partial charge in [0.05, 0.1) is 0 Å². The number of fused-ring (bicyclic) bond motifs is 1. The average molecular weight is 334 g/mol. The van der Waals surface area contributed by atoms with Crippen LogP contribution >= 0.6 is 15.9 Å². The number of benzene rings is 2. The van der Waals surface area contributed by atoms with E-state index in [-0.39, 0.29) is 6.10 Å². The largest absolute Gasteiger partial charge is 0.490 e. The van der Waals surface area contributed by atoms with Crippen LogP contribution in [-0.4, -0.2) is 12.7 Å². The molecule has 0 saturated heterocycles. The van der Waals surface area contributed by atoms with Crippen molar-refractivity contribution in [2.45, 2.75) is 19.1 Å². The summed E-state index contributed by atoms with van der Waals surface area (Å²) in [6.45, 7) is 1.03. The van der Waals surface area contributed by atoms with Gasteiger partial charge in [0.25, 0.3) is 0 Å². The van der Waals surface area contributed by atoms with Crippen LogP contribution in [0.1, 0.15) is 11.1 Å². The van der Waals surface area contributed by atoms with E-state index in [1.165, 1.54) is 5.56 Å². The maximum Gasteiger partial charge on any atom is 0.137 e. The summed E-state index contributed by atoms with van der Waals surface area (Å²) >= 11 is 3.47. The topological polar surface area (TPSA) is 44.5 Å². The van der Waals surface area contributed by atoms with Crippen molar-refractivity contribution in [3.63, 3.8) is 0 Å². The van der Waals surface area contributed by atoms with Gasteiger partial charge in [-0.25, -0.2) is 0 Å². The summed E-state index contributed by atoms with van der Waals surface area (Å²) in [6, 6.07) is 14.0. The second-order valence-corrected chi connectivity index (χ2v) is 5.67. The van der Waals surface area contributed by atoms with Gasteiger partial charge in [-0.1, -0.05) is 34.1 Å². The van der Waals surface area contributed by atoms with Gasteiger partial charge in [-0.3, -0.25) is 0 Å². The third-order valence-electron chi connectivity index (χ3n) is 3.39. The van der Waals surface area contributed by atoms with E-state index in [9.17, 15) is 0 Å². The Hall–Kier alpha value is -1.52. The van der Waals surface area contributed by atoms with Crippen molar-refractivity contribution in [1.82, 2.24) is 0 Å². The van der Waals surface area contributed by atoms with Crippen LogP contribution in [0.15, 0.2) is 46.9 Å². The summed E-state index contributed by atoms with van der Waals surface area (Å²) in [5.41, 5.74) is 7.97. The molecular weight excluding hydrogens is 318 g/mol. The van der Waals surface area contributed by atoms with Crippen molar-refractivity contribution in [1.29, 1.82) is 0 Å². The van der Waals surface area contributed by atoms with Gasteiger partial charge in [0.2, 0.25) is 0 Å². The molecule has 0 aromatic heterocycles. The number of ether oxygens (including phenoxy) is 2.